The van der Waals surface area contributed by atoms with Crippen molar-refractivity contribution < 1.29 is 18.8 Å². The maximum atomic E-state index is 13.6. The van der Waals surface area contributed by atoms with Gasteiger partial charge in [-0.15, -0.1) is 0 Å². The number of aromatic nitrogens is 1. The van der Waals surface area contributed by atoms with Crippen LogP contribution < -0.4 is 0 Å². The Morgan fingerprint density at radius 2 is 1.69 bits per heavy atom. The van der Waals surface area contributed by atoms with Gasteiger partial charge >= 0.3 is 5.97 Å². The Morgan fingerprint density at radius 3 is 2.40 bits per heavy atom. The summed E-state index contributed by atoms with van der Waals surface area (Å²) in [6.07, 6.45) is 0. The van der Waals surface area contributed by atoms with Crippen LogP contribution in [-0.2, 0) is 16.2 Å². The molecule has 0 fully saturated rings. The normalized spacial score (nSPS) is 11.4. The molecule has 0 aliphatic rings. The molecule has 35 heavy (non-hydrogen) atoms. The average Bonchev–Trinajstić information content (AvgIpc) is 3.21. The van der Waals surface area contributed by atoms with E-state index in [4.69, 9.17) is 9.57 Å². The number of carbonyl (C=O) groups excluding carboxylic acids is 1. The zero-order valence-corrected chi connectivity index (χ0v) is 20.2. The van der Waals surface area contributed by atoms with Gasteiger partial charge in [-0.3, -0.25) is 0 Å². The molecular weight excluding hydrogens is 443 g/mol. The van der Waals surface area contributed by atoms with E-state index in [0.717, 1.165) is 33.8 Å². The fourth-order valence-corrected chi connectivity index (χ4v) is 4.11. The first-order chi connectivity index (χ1) is 16.9. The smallest absolute Gasteiger partial charge is 0.338 e. The van der Waals surface area contributed by atoms with E-state index in [2.05, 4.69) is 15.8 Å². The summed E-state index contributed by atoms with van der Waals surface area (Å²) in [5.41, 5.74) is 7.68. The van der Waals surface area contributed by atoms with Crippen molar-refractivity contribution in [3.8, 4) is 16.9 Å². The van der Waals surface area contributed by atoms with Gasteiger partial charge < -0.3 is 14.1 Å². The van der Waals surface area contributed by atoms with Gasteiger partial charge in [0.1, 0.15) is 12.4 Å². The van der Waals surface area contributed by atoms with Crippen molar-refractivity contribution in [2.75, 3.05) is 7.11 Å². The number of nitrogens with zero attached hydrogens (tertiary/aromatic N) is 2. The molecule has 4 aromatic rings. The molecule has 5 nitrogen and oxygen atoms in total. The van der Waals surface area contributed by atoms with Gasteiger partial charge in [0.25, 0.3) is 0 Å². The van der Waals surface area contributed by atoms with E-state index in [1.54, 1.807) is 24.3 Å². The number of carbonyl (C=O) groups is 1. The molecule has 0 atom stereocenters. The molecule has 3 aromatic carbocycles. The number of benzene rings is 3. The zero-order valence-electron chi connectivity index (χ0n) is 20.2. The molecule has 0 saturated heterocycles. The number of hydrogen-bond acceptors (Lipinski definition) is 4. The highest BCUT2D eigenvalue weighted by molar-refractivity contribution is 6.01. The summed E-state index contributed by atoms with van der Waals surface area (Å²) in [6, 6.07) is 23.8. The molecule has 0 N–H and O–H groups in total. The monoisotopic (exact) mass is 470 g/mol. The molecule has 0 amide bonds. The lowest BCUT2D eigenvalue weighted by atomic mass is 10.1. The van der Waals surface area contributed by atoms with Crippen molar-refractivity contribution in [3.05, 3.63) is 113 Å². The fourth-order valence-electron chi connectivity index (χ4n) is 4.11. The summed E-state index contributed by atoms with van der Waals surface area (Å²) < 4.78 is 20.6. The maximum Gasteiger partial charge on any atom is 0.338 e. The lowest BCUT2D eigenvalue weighted by Gasteiger charge is -2.13. The minimum Gasteiger partial charge on any atom is -0.465 e. The Morgan fingerprint density at radius 1 is 0.943 bits per heavy atom. The first-order valence-corrected chi connectivity index (χ1v) is 11.3. The SMILES string of the molecule is COC(=O)c1ccccc1CON=C(C)c1cc(-c2ccc(F)cc2)n(-c2cccc(C)c2)c1C. The Kier molecular flexibility index (Phi) is 7.11. The molecule has 0 radical (unpaired) electrons. The van der Waals surface area contributed by atoms with Crippen LogP contribution in [-0.4, -0.2) is 23.4 Å². The molecule has 0 unspecified atom stereocenters. The molecule has 6 heteroatoms. The van der Waals surface area contributed by atoms with Crippen LogP contribution >= 0.6 is 0 Å². The van der Waals surface area contributed by atoms with Gasteiger partial charge in [0, 0.05) is 22.5 Å². The van der Waals surface area contributed by atoms with Crippen LogP contribution in [0.1, 0.15) is 39.7 Å². The number of methoxy groups -OCH3 is 1. The quantitative estimate of drug-likeness (QED) is 0.173. The highest BCUT2D eigenvalue weighted by Crippen LogP contribution is 2.30. The van der Waals surface area contributed by atoms with Crippen LogP contribution in [0.15, 0.2) is 84.0 Å². The molecule has 0 aliphatic carbocycles. The summed E-state index contributed by atoms with van der Waals surface area (Å²) in [7, 11) is 1.35. The summed E-state index contributed by atoms with van der Waals surface area (Å²) in [5, 5.41) is 4.34. The number of ether oxygens (including phenoxy) is 1. The zero-order chi connectivity index (χ0) is 24.9. The molecule has 1 aromatic heterocycles. The lowest BCUT2D eigenvalue weighted by Crippen LogP contribution is -2.06. The standard InChI is InChI=1S/C29H27FN2O3/c1-19-8-7-10-25(16-19)32-21(3)27(17-28(32)22-12-14-24(30)15-13-22)20(2)31-35-18-23-9-5-6-11-26(23)29(33)34-4/h5-17H,18H2,1-4H3. The maximum absolute atomic E-state index is 13.6. The van der Waals surface area contributed by atoms with Crippen molar-refractivity contribution in [1.82, 2.24) is 4.57 Å². The Hall–Kier alpha value is -4.19. The highest BCUT2D eigenvalue weighted by Gasteiger charge is 2.18. The highest BCUT2D eigenvalue weighted by atomic mass is 19.1. The predicted octanol–water partition coefficient (Wildman–Crippen LogP) is 6.63. The van der Waals surface area contributed by atoms with E-state index >= 15 is 0 Å². The van der Waals surface area contributed by atoms with Gasteiger partial charge in [-0.1, -0.05) is 35.5 Å². The van der Waals surface area contributed by atoms with Crippen molar-refractivity contribution in [1.29, 1.82) is 0 Å². The Balaban J connectivity index is 1.70. The van der Waals surface area contributed by atoms with E-state index in [0.29, 0.717) is 16.8 Å². The van der Waals surface area contributed by atoms with Crippen LogP contribution in [0.25, 0.3) is 16.9 Å². The average molecular weight is 471 g/mol. The number of aryl methyl sites for hydroxylation is 1. The van der Waals surface area contributed by atoms with Crippen molar-refractivity contribution in [2.45, 2.75) is 27.4 Å². The third-order valence-corrected chi connectivity index (χ3v) is 5.88. The van der Waals surface area contributed by atoms with E-state index in [1.165, 1.54) is 19.2 Å². The van der Waals surface area contributed by atoms with Crippen molar-refractivity contribution in [2.24, 2.45) is 5.16 Å². The summed E-state index contributed by atoms with van der Waals surface area (Å²) >= 11 is 0. The second kappa shape index (κ2) is 10.4. The number of oxime groups is 1. The number of halogens is 1. The lowest BCUT2D eigenvalue weighted by molar-refractivity contribution is 0.0593. The first-order valence-electron chi connectivity index (χ1n) is 11.3. The van der Waals surface area contributed by atoms with E-state index in [-0.39, 0.29) is 12.4 Å². The van der Waals surface area contributed by atoms with Gasteiger partial charge in [0.05, 0.1) is 24.1 Å². The molecule has 0 saturated carbocycles. The van der Waals surface area contributed by atoms with Crippen molar-refractivity contribution in [3.63, 3.8) is 0 Å². The molecular formula is C29H27FN2O3. The van der Waals surface area contributed by atoms with Crippen LogP contribution in [0.2, 0.25) is 0 Å². The molecule has 1 heterocycles. The third-order valence-electron chi connectivity index (χ3n) is 5.88. The first kappa shape index (κ1) is 24.0. The van der Waals surface area contributed by atoms with E-state index in [1.807, 2.05) is 57.2 Å². The number of hydrogen-bond donors (Lipinski definition) is 0. The molecule has 0 spiro atoms. The summed E-state index contributed by atoms with van der Waals surface area (Å²) in [5.74, 6) is -0.697. The minimum atomic E-state index is -0.417. The van der Waals surface area contributed by atoms with Gasteiger partial charge in [0.15, 0.2) is 0 Å². The largest absolute Gasteiger partial charge is 0.465 e. The molecule has 0 bridgehead atoms. The summed E-state index contributed by atoms with van der Waals surface area (Å²) in [4.78, 5) is 17.7. The molecule has 0 aliphatic heterocycles. The van der Waals surface area contributed by atoms with Crippen molar-refractivity contribution >= 4 is 11.7 Å². The van der Waals surface area contributed by atoms with Gasteiger partial charge in [-0.2, -0.15) is 0 Å². The van der Waals surface area contributed by atoms with Crippen LogP contribution in [0.4, 0.5) is 4.39 Å². The second-order valence-corrected chi connectivity index (χ2v) is 8.31. The summed E-state index contributed by atoms with van der Waals surface area (Å²) in [6.45, 7) is 6.08. The molecule has 4 rings (SSSR count). The second-order valence-electron chi connectivity index (χ2n) is 8.31. The van der Waals surface area contributed by atoms with Gasteiger partial charge in [-0.25, -0.2) is 9.18 Å². The van der Waals surface area contributed by atoms with Crippen LogP contribution in [0.3, 0.4) is 0 Å². The van der Waals surface area contributed by atoms with Gasteiger partial charge in [-0.05, 0) is 80.4 Å². The number of esters is 1. The fraction of sp³-hybridized carbons (Fsp3) is 0.172. The third kappa shape index (κ3) is 5.17. The number of rotatable bonds is 7. The van der Waals surface area contributed by atoms with Crippen LogP contribution in [0, 0.1) is 19.7 Å². The topological polar surface area (TPSA) is 52.8 Å². The molecule has 178 valence electrons. The predicted molar refractivity (Wildman–Crippen MR) is 135 cm³/mol. The Bertz CT molecular complexity index is 1390. The van der Waals surface area contributed by atoms with Gasteiger partial charge in [0.2, 0.25) is 0 Å². The minimum absolute atomic E-state index is 0.130. The Labute approximate surface area is 204 Å². The van der Waals surface area contributed by atoms with E-state index in [9.17, 15) is 9.18 Å². The van der Waals surface area contributed by atoms with E-state index < -0.39 is 5.97 Å². The van der Waals surface area contributed by atoms with Crippen LogP contribution in [0.5, 0.6) is 0 Å².